The first-order chi connectivity index (χ1) is 16.4. The largest absolute Gasteiger partial charge is 0.464 e. The van der Waals surface area contributed by atoms with Gasteiger partial charge in [0.1, 0.15) is 22.3 Å². The van der Waals surface area contributed by atoms with Crippen molar-refractivity contribution in [2.75, 3.05) is 36.2 Å². The summed E-state index contributed by atoms with van der Waals surface area (Å²) in [5.41, 5.74) is 8.15. The van der Waals surface area contributed by atoms with Gasteiger partial charge in [-0.1, -0.05) is 11.3 Å². The molecule has 5 N–H and O–H groups in total. The molecule has 178 valence electrons. The fraction of sp³-hybridized carbons (Fsp3) is 0.364. The van der Waals surface area contributed by atoms with Crippen molar-refractivity contribution >= 4 is 61.7 Å². The van der Waals surface area contributed by atoms with E-state index in [1.54, 1.807) is 7.05 Å². The number of ether oxygens (including phenoxy) is 1. The summed E-state index contributed by atoms with van der Waals surface area (Å²) in [5.74, 6) is 0.177. The van der Waals surface area contributed by atoms with Gasteiger partial charge in [-0.15, -0.1) is 0 Å². The molecule has 0 bridgehead atoms. The Kier molecular flexibility index (Phi) is 5.70. The Labute approximate surface area is 198 Å². The molecule has 0 radical (unpaired) electrons. The van der Waals surface area contributed by atoms with Crippen molar-refractivity contribution in [3.05, 3.63) is 29.2 Å². The molecule has 1 unspecified atom stereocenters. The molecular formula is C22H25FN8O2S. The molecule has 0 spiro atoms. The maximum absolute atomic E-state index is 14.5. The van der Waals surface area contributed by atoms with Gasteiger partial charge in [0.2, 0.25) is 11.0 Å². The number of thiazole rings is 1. The van der Waals surface area contributed by atoms with Gasteiger partial charge in [-0.3, -0.25) is 0 Å². The van der Waals surface area contributed by atoms with Crippen LogP contribution in [0, 0.1) is 5.82 Å². The van der Waals surface area contributed by atoms with Crippen LogP contribution in [-0.4, -0.2) is 58.7 Å². The van der Waals surface area contributed by atoms with Crippen molar-refractivity contribution in [2.24, 2.45) is 5.73 Å². The molecule has 4 heterocycles. The van der Waals surface area contributed by atoms with Crippen molar-refractivity contribution < 1.29 is 13.9 Å². The third-order valence-electron chi connectivity index (χ3n) is 6.06. The number of H-pyrrole nitrogens is 1. The second-order valence-electron chi connectivity index (χ2n) is 8.32. The maximum Gasteiger partial charge on any atom is 0.367 e. The molecule has 0 saturated carbocycles. The number of halogens is 1. The number of methoxy groups -OCH3 is 1. The molecule has 34 heavy (non-hydrogen) atoms. The smallest absolute Gasteiger partial charge is 0.367 e. The minimum absolute atomic E-state index is 0.131. The zero-order chi connectivity index (χ0) is 24.0. The van der Waals surface area contributed by atoms with Crippen LogP contribution in [0.3, 0.4) is 0 Å². The summed E-state index contributed by atoms with van der Waals surface area (Å²) >= 11 is 1.14. The minimum Gasteiger partial charge on any atom is -0.464 e. The van der Waals surface area contributed by atoms with Crippen molar-refractivity contribution in [3.8, 4) is 0 Å². The van der Waals surface area contributed by atoms with Gasteiger partial charge in [0.05, 0.1) is 29.9 Å². The Balaban J connectivity index is 1.67. The van der Waals surface area contributed by atoms with Crippen LogP contribution >= 0.6 is 11.3 Å². The van der Waals surface area contributed by atoms with Gasteiger partial charge in [-0.2, -0.15) is 9.97 Å². The first-order valence-corrected chi connectivity index (χ1v) is 11.7. The monoisotopic (exact) mass is 484 g/mol. The lowest BCUT2D eigenvalue weighted by atomic mass is 9.98. The topological polar surface area (TPSA) is 134 Å². The van der Waals surface area contributed by atoms with Crippen molar-refractivity contribution in [1.29, 1.82) is 0 Å². The first kappa shape index (κ1) is 22.3. The van der Waals surface area contributed by atoms with Gasteiger partial charge in [0.15, 0.2) is 0 Å². The number of fused-ring (bicyclic) bond motifs is 3. The van der Waals surface area contributed by atoms with Gasteiger partial charge in [-0.05, 0) is 31.9 Å². The summed E-state index contributed by atoms with van der Waals surface area (Å²) in [5, 5.41) is 8.46. The van der Waals surface area contributed by atoms with E-state index in [4.69, 9.17) is 15.5 Å². The molecule has 0 aliphatic carbocycles. The first-order valence-electron chi connectivity index (χ1n) is 10.9. The van der Waals surface area contributed by atoms with E-state index in [2.05, 4.69) is 37.4 Å². The molecule has 0 amide bonds. The zero-order valence-corrected chi connectivity index (χ0v) is 19.8. The minimum atomic E-state index is -0.508. The summed E-state index contributed by atoms with van der Waals surface area (Å²) in [6.07, 6.45) is 3.19. The average Bonchev–Trinajstić information content (AvgIpc) is 3.42. The predicted molar refractivity (Wildman–Crippen MR) is 132 cm³/mol. The Bertz CT molecular complexity index is 1390. The lowest BCUT2D eigenvalue weighted by Crippen LogP contribution is -2.46. The summed E-state index contributed by atoms with van der Waals surface area (Å²) in [6.45, 7) is 2.84. The van der Waals surface area contributed by atoms with Gasteiger partial charge < -0.3 is 31.0 Å². The lowest BCUT2D eigenvalue weighted by molar-refractivity contribution is 0.0600. The zero-order valence-electron chi connectivity index (χ0n) is 19.0. The van der Waals surface area contributed by atoms with Crippen molar-refractivity contribution in [1.82, 2.24) is 19.9 Å². The van der Waals surface area contributed by atoms with Crippen LogP contribution in [0.1, 0.15) is 29.6 Å². The number of esters is 1. The standard InChI is InChI=1S/C22H25FN8O2S/c1-10-6-12(24)4-5-31(10)19-16-13-7-11(23)8-14(25-2)17(13)28-18(16)29-22(30-19)27-15-9-26-20(34-15)21(32)33-3/h7-10,12,25H,4-6,24H2,1-3H3,(H2,27,28,29,30)/t10-,12?/m1/s1. The highest BCUT2D eigenvalue weighted by Gasteiger charge is 2.28. The lowest BCUT2D eigenvalue weighted by Gasteiger charge is -2.37. The van der Waals surface area contributed by atoms with E-state index in [0.717, 1.165) is 41.6 Å². The van der Waals surface area contributed by atoms with Crippen LogP contribution in [0.15, 0.2) is 18.3 Å². The number of aromatic nitrogens is 4. The second kappa shape index (κ2) is 8.69. The maximum atomic E-state index is 14.5. The molecule has 1 fully saturated rings. The van der Waals surface area contributed by atoms with Gasteiger partial charge in [0.25, 0.3) is 0 Å². The summed E-state index contributed by atoms with van der Waals surface area (Å²) < 4.78 is 19.2. The molecule has 4 aromatic rings. The number of nitrogens with zero attached hydrogens (tertiary/aromatic N) is 4. The van der Waals surface area contributed by atoms with Crippen molar-refractivity contribution in [3.63, 3.8) is 0 Å². The Morgan fingerprint density at radius 3 is 2.94 bits per heavy atom. The third kappa shape index (κ3) is 3.88. The van der Waals surface area contributed by atoms with E-state index in [-0.39, 0.29) is 22.9 Å². The molecule has 1 aromatic carbocycles. The number of nitrogens with one attached hydrogen (secondary N) is 3. The summed E-state index contributed by atoms with van der Waals surface area (Å²) in [6, 6.07) is 3.22. The predicted octanol–water partition coefficient (Wildman–Crippen LogP) is 3.59. The molecule has 1 aliphatic heterocycles. The highest BCUT2D eigenvalue weighted by Crippen LogP contribution is 2.38. The van der Waals surface area contributed by atoms with Crippen molar-refractivity contribution in [2.45, 2.75) is 31.8 Å². The number of benzene rings is 1. The van der Waals surface area contributed by atoms with Crippen LogP contribution in [-0.2, 0) is 4.74 Å². The van der Waals surface area contributed by atoms with E-state index >= 15 is 0 Å². The third-order valence-corrected chi connectivity index (χ3v) is 6.96. The van der Waals surface area contributed by atoms with Gasteiger partial charge in [0, 0.05) is 31.1 Å². The summed E-state index contributed by atoms with van der Waals surface area (Å²) in [4.78, 5) is 30.9. The molecule has 12 heteroatoms. The van der Waals surface area contributed by atoms with Crippen LogP contribution in [0.2, 0.25) is 0 Å². The Hall–Kier alpha value is -3.51. The second-order valence-corrected chi connectivity index (χ2v) is 9.35. The molecule has 2 atom stereocenters. The Morgan fingerprint density at radius 2 is 2.21 bits per heavy atom. The van der Waals surface area contributed by atoms with Crippen LogP contribution < -0.4 is 21.3 Å². The van der Waals surface area contributed by atoms with Gasteiger partial charge in [-0.25, -0.2) is 14.2 Å². The Morgan fingerprint density at radius 1 is 1.38 bits per heavy atom. The fourth-order valence-corrected chi connectivity index (χ4v) is 5.18. The number of carbonyl (C=O) groups excluding carboxylic acids is 1. The number of anilines is 4. The van der Waals surface area contributed by atoms with Gasteiger partial charge >= 0.3 is 5.97 Å². The molecule has 3 aromatic heterocycles. The van der Waals surface area contributed by atoms with E-state index in [1.807, 2.05) is 0 Å². The quantitative estimate of drug-likeness (QED) is 0.313. The number of aromatic amines is 1. The van der Waals surface area contributed by atoms with E-state index < -0.39 is 5.97 Å². The highest BCUT2D eigenvalue weighted by atomic mass is 32.1. The molecule has 5 rings (SSSR count). The average molecular weight is 485 g/mol. The number of hydrogen-bond donors (Lipinski definition) is 4. The highest BCUT2D eigenvalue weighted by molar-refractivity contribution is 7.17. The number of carbonyl (C=O) groups is 1. The van der Waals surface area contributed by atoms with Crippen LogP contribution in [0.4, 0.5) is 26.8 Å². The number of hydrogen-bond acceptors (Lipinski definition) is 10. The van der Waals surface area contributed by atoms with E-state index in [9.17, 15) is 9.18 Å². The fourth-order valence-electron chi connectivity index (χ4n) is 4.45. The SMILES string of the molecule is CNc1cc(F)cc2c1[nH]c1nc(Nc3cnc(C(=O)OC)s3)nc(N3CCC(N)C[C@H]3C)c12. The van der Waals surface area contributed by atoms with E-state index in [0.29, 0.717) is 33.5 Å². The molecule has 10 nitrogen and oxygen atoms in total. The number of nitrogens with two attached hydrogens (primary N) is 1. The summed E-state index contributed by atoms with van der Waals surface area (Å²) in [7, 11) is 3.06. The molecule has 1 aliphatic rings. The normalized spacial score (nSPS) is 18.4. The van der Waals surface area contributed by atoms with Crippen LogP contribution in [0.25, 0.3) is 21.9 Å². The molecular weight excluding hydrogens is 459 g/mol. The number of rotatable bonds is 5. The molecule has 1 saturated heterocycles. The van der Waals surface area contributed by atoms with E-state index in [1.165, 1.54) is 25.4 Å². The number of piperidine rings is 1. The van der Waals surface area contributed by atoms with Crippen LogP contribution in [0.5, 0.6) is 0 Å².